The fourth-order valence-electron chi connectivity index (χ4n) is 6.11. The number of methoxy groups -OCH3 is 1. The van der Waals surface area contributed by atoms with E-state index in [1.807, 2.05) is 6.07 Å². The molecule has 2 fully saturated rings. The van der Waals surface area contributed by atoms with Crippen molar-refractivity contribution in [3.63, 3.8) is 0 Å². The van der Waals surface area contributed by atoms with Gasteiger partial charge in [0, 0.05) is 43.2 Å². The van der Waals surface area contributed by atoms with Crippen LogP contribution in [0.3, 0.4) is 0 Å². The third-order valence-corrected chi connectivity index (χ3v) is 7.89. The number of hydrogen-bond donors (Lipinski definition) is 1. The molecule has 2 aliphatic heterocycles. The minimum absolute atomic E-state index is 0.130. The van der Waals surface area contributed by atoms with Crippen LogP contribution in [-0.4, -0.2) is 51.2 Å². The van der Waals surface area contributed by atoms with E-state index in [2.05, 4.69) is 20.4 Å². The van der Waals surface area contributed by atoms with E-state index in [4.69, 9.17) is 14.8 Å². The van der Waals surface area contributed by atoms with Crippen LogP contribution in [0.4, 0.5) is 24.8 Å². The minimum atomic E-state index is -1.44. The number of hydrogen-bond acceptors (Lipinski definition) is 7. The van der Waals surface area contributed by atoms with Gasteiger partial charge in [-0.25, -0.2) is 17.9 Å². The standard InChI is InChI=1S/C25H28F3N7O/c1-36-20-10-16(11-29-32-20)34-12-14-5-6-15(13-34)23(14)30-25-31-24-18(4-2-3-9-35(24)33-25)17-7-8-19(26)22(28)21(17)27/h7-8,10-11,14-15,18,23H,2-6,9,12-13H2,1H3,(H,30,33)/t14-,15+,18-,23?/m0/s1. The number of aromatic nitrogens is 5. The van der Waals surface area contributed by atoms with Crippen LogP contribution in [0.1, 0.15) is 49.4 Å². The molecule has 1 aromatic carbocycles. The summed E-state index contributed by atoms with van der Waals surface area (Å²) in [6.45, 7) is 2.41. The number of halogens is 3. The molecule has 11 heteroatoms. The van der Waals surface area contributed by atoms with Crippen LogP contribution in [0.25, 0.3) is 0 Å². The molecular formula is C25H28F3N7O. The Morgan fingerprint density at radius 2 is 1.83 bits per heavy atom. The predicted molar refractivity (Wildman–Crippen MR) is 126 cm³/mol. The maximum atomic E-state index is 14.7. The van der Waals surface area contributed by atoms with Gasteiger partial charge >= 0.3 is 0 Å². The van der Waals surface area contributed by atoms with E-state index >= 15 is 0 Å². The minimum Gasteiger partial charge on any atom is -0.480 e. The first kappa shape index (κ1) is 23.1. The molecular weight excluding hydrogens is 471 g/mol. The van der Waals surface area contributed by atoms with E-state index < -0.39 is 23.4 Å². The summed E-state index contributed by atoms with van der Waals surface area (Å²) in [6, 6.07) is 4.45. The highest BCUT2D eigenvalue weighted by molar-refractivity contribution is 5.48. The molecule has 4 atom stereocenters. The van der Waals surface area contributed by atoms with Crippen molar-refractivity contribution in [3.05, 3.63) is 53.2 Å². The zero-order valence-corrected chi connectivity index (χ0v) is 20.0. The largest absolute Gasteiger partial charge is 0.480 e. The molecule has 1 saturated heterocycles. The van der Waals surface area contributed by atoms with E-state index in [9.17, 15) is 13.2 Å². The summed E-state index contributed by atoms with van der Waals surface area (Å²) in [6.07, 6.45) is 6.27. The summed E-state index contributed by atoms with van der Waals surface area (Å²) in [5.74, 6) is -1.81. The van der Waals surface area contributed by atoms with Gasteiger partial charge in [0.25, 0.3) is 0 Å². The van der Waals surface area contributed by atoms with E-state index in [0.717, 1.165) is 50.5 Å². The molecule has 3 aliphatic rings. The lowest BCUT2D eigenvalue weighted by Crippen LogP contribution is -2.48. The fraction of sp³-hybridized carbons (Fsp3) is 0.520. The highest BCUT2D eigenvalue weighted by Crippen LogP contribution is 2.41. The van der Waals surface area contributed by atoms with Crippen molar-refractivity contribution in [1.82, 2.24) is 25.0 Å². The molecule has 2 aromatic heterocycles. The van der Waals surface area contributed by atoms with Gasteiger partial charge in [0.1, 0.15) is 5.82 Å². The second-order valence-electron chi connectivity index (χ2n) is 9.96. The maximum Gasteiger partial charge on any atom is 0.242 e. The van der Waals surface area contributed by atoms with Gasteiger partial charge in [-0.05, 0) is 43.6 Å². The van der Waals surface area contributed by atoms with Crippen molar-refractivity contribution < 1.29 is 17.9 Å². The lowest BCUT2D eigenvalue weighted by molar-refractivity contribution is 0.372. The summed E-state index contributed by atoms with van der Waals surface area (Å²) >= 11 is 0. The molecule has 2 bridgehead atoms. The predicted octanol–water partition coefficient (Wildman–Crippen LogP) is 4.14. The zero-order chi connectivity index (χ0) is 24.8. The second-order valence-corrected chi connectivity index (χ2v) is 9.96. The van der Waals surface area contributed by atoms with Crippen molar-refractivity contribution in [3.8, 4) is 5.88 Å². The average molecular weight is 500 g/mol. The number of benzene rings is 1. The monoisotopic (exact) mass is 499 g/mol. The van der Waals surface area contributed by atoms with Gasteiger partial charge in [0.15, 0.2) is 17.5 Å². The van der Waals surface area contributed by atoms with Crippen LogP contribution >= 0.6 is 0 Å². The zero-order valence-electron chi connectivity index (χ0n) is 20.0. The normalized spacial score (nSPS) is 25.4. The number of fused-ring (bicyclic) bond motifs is 3. The molecule has 6 rings (SSSR count). The Labute approximate surface area is 206 Å². The topological polar surface area (TPSA) is 81.0 Å². The Bertz CT molecular complexity index is 1250. The van der Waals surface area contributed by atoms with Gasteiger partial charge in [0.05, 0.1) is 19.0 Å². The number of piperidine rings is 1. The Kier molecular flexibility index (Phi) is 5.93. The van der Waals surface area contributed by atoms with Gasteiger partial charge in [-0.2, -0.15) is 10.1 Å². The van der Waals surface area contributed by atoms with Crippen molar-refractivity contribution in [1.29, 1.82) is 0 Å². The molecule has 1 unspecified atom stereocenters. The van der Waals surface area contributed by atoms with E-state index in [-0.39, 0.29) is 11.6 Å². The first-order valence-corrected chi connectivity index (χ1v) is 12.5. The summed E-state index contributed by atoms with van der Waals surface area (Å²) in [7, 11) is 1.58. The summed E-state index contributed by atoms with van der Waals surface area (Å²) < 4.78 is 49.3. The Morgan fingerprint density at radius 3 is 2.61 bits per heavy atom. The SMILES string of the molecule is COc1cc(N2C[C@H]3CC[C@@H](C2)C3Nc2nc3n(n2)CCCC[C@H]3c2ccc(F)c(F)c2F)cnn1. The van der Waals surface area contributed by atoms with Gasteiger partial charge in [-0.1, -0.05) is 12.5 Å². The fourth-order valence-corrected chi connectivity index (χ4v) is 6.11. The van der Waals surface area contributed by atoms with Crippen molar-refractivity contribution in [2.24, 2.45) is 11.8 Å². The van der Waals surface area contributed by atoms with E-state index in [1.165, 1.54) is 6.07 Å². The molecule has 8 nitrogen and oxygen atoms in total. The van der Waals surface area contributed by atoms with Crippen molar-refractivity contribution >= 4 is 11.6 Å². The highest BCUT2D eigenvalue weighted by Gasteiger charge is 2.43. The van der Waals surface area contributed by atoms with Crippen LogP contribution in [0.2, 0.25) is 0 Å². The second kappa shape index (κ2) is 9.25. The summed E-state index contributed by atoms with van der Waals surface area (Å²) in [5.41, 5.74) is 1.13. The first-order valence-electron chi connectivity index (χ1n) is 12.5. The number of ether oxygens (including phenoxy) is 1. The average Bonchev–Trinajstić information content (AvgIpc) is 3.30. The Hall–Kier alpha value is -3.37. The molecule has 4 heterocycles. The quantitative estimate of drug-likeness (QED) is 0.529. The summed E-state index contributed by atoms with van der Waals surface area (Å²) in [4.78, 5) is 7.09. The third kappa shape index (κ3) is 4.04. The van der Waals surface area contributed by atoms with Gasteiger partial charge in [-0.15, -0.1) is 10.2 Å². The molecule has 1 aliphatic carbocycles. The first-order chi connectivity index (χ1) is 17.5. The van der Waals surface area contributed by atoms with Crippen LogP contribution in [0, 0.1) is 29.3 Å². The van der Waals surface area contributed by atoms with Crippen molar-refractivity contribution in [2.75, 3.05) is 30.4 Å². The lowest BCUT2D eigenvalue weighted by Gasteiger charge is -2.39. The molecule has 0 radical (unpaired) electrons. The van der Waals surface area contributed by atoms with Crippen LogP contribution < -0.4 is 15.0 Å². The maximum absolute atomic E-state index is 14.7. The molecule has 190 valence electrons. The van der Waals surface area contributed by atoms with Gasteiger partial charge in [0.2, 0.25) is 11.8 Å². The molecule has 36 heavy (non-hydrogen) atoms. The Morgan fingerprint density at radius 1 is 1.03 bits per heavy atom. The van der Waals surface area contributed by atoms with E-state index in [1.54, 1.807) is 18.0 Å². The summed E-state index contributed by atoms with van der Waals surface area (Å²) in [5, 5.41) is 16.3. The number of anilines is 2. The third-order valence-electron chi connectivity index (χ3n) is 7.89. The molecule has 3 aromatic rings. The smallest absolute Gasteiger partial charge is 0.242 e. The molecule has 0 amide bonds. The Balaban J connectivity index is 1.23. The van der Waals surface area contributed by atoms with Gasteiger partial charge < -0.3 is 15.0 Å². The number of aryl methyl sites for hydroxylation is 1. The van der Waals surface area contributed by atoms with Crippen LogP contribution in [0.5, 0.6) is 5.88 Å². The van der Waals surface area contributed by atoms with Gasteiger partial charge in [-0.3, -0.25) is 0 Å². The number of nitrogens with one attached hydrogen (secondary N) is 1. The molecule has 1 N–H and O–H groups in total. The number of rotatable bonds is 5. The van der Waals surface area contributed by atoms with Crippen molar-refractivity contribution in [2.45, 2.75) is 50.6 Å². The van der Waals surface area contributed by atoms with Crippen LogP contribution in [-0.2, 0) is 6.54 Å². The molecule has 0 spiro atoms. The lowest BCUT2D eigenvalue weighted by atomic mass is 9.92. The highest BCUT2D eigenvalue weighted by atomic mass is 19.2. The van der Waals surface area contributed by atoms with Crippen LogP contribution in [0.15, 0.2) is 24.4 Å². The number of nitrogens with zero attached hydrogens (tertiary/aromatic N) is 6. The van der Waals surface area contributed by atoms with E-state index in [0.29, 0.717) is 42.5 Å². The molecule has 1 saturated carbocycles.